The lowest BCUT2D eigenvalue weighted by Gasteiger charge is -2.20. The van der Waals surface area contributed by atoms with Gasteiger partial charge in [0.05, 0.1) is 11.0 Å². The minimum absolute atomic E-state index is 0.0293. The number of aryl methyl sites for hydroxylation is 2. The molecule has 168 valence electrons. The van der Waals surface area contributed by atoms with Gasteiger partial charge >= 0.3 is 0 Å². The summed E-state index contributed by atoms with van der Waals surface area (Å²) >= 11 is 0. The molecule has 3 rings (SSSR count). The highest BCUT2D eigenvalue weighted by Crippen LogP contribution is 2.19. The molecule has 1 saturated heterocycles. The lowest BCUT2D eigenvalue weighted by atomic mass is 10.2. The number of carbonyl (C=O) groups excluding carboxylic acids is 2. The molecule has 1 N–H and O–H groups in total. The number of unbranched alkanes of at least 4 members (excludes halogenated alkanes) is 2. The zero-order chi connectivity index (χ0) is 21.9. The molecular formula is C25H36N4O2. The van der Waals surface area contributed by atoms with E-state index in [4.69, 9.17) is 4.98 Å². The third-order valence-corrected chi connectivity index (χ3v) is 5.94. The van der Waals surface area contributed by atoms with Crippen molar-refractivity contribution in [2.24, 2.45) is 0 Å². The Morgan fingerprint density at radius 3 is 2.61 bits per heavy atom. The van der Waals surface area contributed by atoms with Gasteiger partial charge in [-0.25, -0.2) is 4.98 Å². The van der Waals surface area contributed by atoms with Crippen molar-refractivity contribution in [2.75, 3.05) is 19.6 Å². The van der Waals surface area contributed by atoms with Gasteiger partial charge in [0.15, 0.2) is 0 Å². The molecule has 1 aromatic carbocycles. The average molecular weight is 425 g/mol. The molecule has 0 radical (unpaired) electrons. The van der Waals surface area contributed by atoms with E-state index in [1.807, 2.05) is 30.0 Å². The Hall–Kier alpha value is -2.63. The Morgan fingerprint density at radius 2 is 1.84 bits per heavy atom. The maximum Gasteiger partial charge on any atom is 0.243 e. The molecule has 1 aliphatic heterocycles. The molecule has 2 amide bonds. The molecule has 0 saturated carbocycles. The van der Waals surface area contributed by atoms with Crippen LogP contribution < -0.4 is 5.32 Å². The molecule has 6 heteroatoms. The minimum atomic E-state index is -0.0293. The molecule has 0 unspecified atom stereocenters. The summed E-state index contributed by atoms with van der Waals surface area (Å²) in [5.41, 5.74) is 2.11. The van der Waals surface area contributed by atoms with Crippen LogP contribution in [-0.2, 0) is 22.6 Å². The van der Waals surface area contributed by atoms with E-state index < -0.39 is 0 Å². The van der Waals surface area contributed by atoms with Crippen LogP contribution in [0.3, 0.4) is 0 Å². The molecule has 0 atom stereocenters. The van der Waals surface area contributed by atoms with Crippen molar-refractivity contribution in [3.05, 3.63) is 42.2 Å². The van der Waals surface area contributed by atoms with E-state index in [2.05, 4.69) is 16.0 Å². The first-order valence-corrected chi connectivity index (χ1v) is 11.8. The summed E-state index contributed by atoms with van der Waals surface area (Å²) < 4.78 is 2.23. The van der Waals surface area contributed by atoms with Crippen molar-refractivity contribution in [3.8, 4) is 0 Å². The Bertz CT molecular complexity index is 879. The Labute approximate surface area is 185 Å². The van der Waals surface area contributed by atoms with E-state index in [1.165, 1.54) is 12.8 Å². The molecule has 1 fully saturated rings. The van der Waals surface area contributed by atoms with Crippen molar-refractivity contribution in [1.29, 1.82) is 0 Å². The van der Waals surface area contributed by atoms with Crippen molar-refractivity contribution >= 4 is 22.8 Å². The van der Waals surface area contributed by atoms with Gasteiger partial charge in [0.1, 0.15) is 5.82 Å². The largest absolute Gasteiger partial charge is 0.353 e. The topological polar surface area (TPSA) is 67.2 Å². The number of benzene rings is 1. The number of fused-ring (bicyclic) bond motifs is 1. The molecule has 0 spiro atoms. The molecule has 31 heavy (non-hydrogen) atoms. The number of carbonyl (C=O) groups is 2. The molecule has 0 aliphatic carbocycles. The fraction of sp³-hybridized carbons (Fsp3) is 0.560. The van der Waals surface area contributed by atoms with Gasteiger partial charge in [-0.1, -0.05) is 37.5 Å². The number of nitrogens with zero attached hydrogens (tertiary/aromatic N) is 3. The standard InChI is InChI=1S/C25H36N4O2/c1-2-12-24(30)26-17-9-5-6-15-23-27-21-13-7-8-14-22(21)29(23)20-16-25(31)28-18-10-3-4-11-19-28/h2,7-8,12-14H,3-6,9-11,15-20H2,1H3,(H,26,30)/b12-2+. The highest BCUT2D eigenvalue weighted by atomic mass is 16.2. The summed E-state index contributed by atoms with van der Waals surface area (Å²) in [6, 6.07) is 8.19. The maximum atomic E-state index is 12.8. The van der Waals surface area contributed by atoms with Crippen molar-refractivity contribution < 1.29 is 9.59 Å². The van der Waals surface area contributed by atoms with Crippen LogP contribution in [0.5, 0.6) is 0 Å². The number of para-hydroxylation sites is 2. The number of aromatic nitrogens is 2. The van der Waals surface area contributed by atoms with Crippen LogP contribution in [0, 0.1) is 0 Å². The van der Waals surface area contributed by atoms with Crippen LogP contribution in [0.1, 0.15) is 64.1 Å². The van der Waals surface area contributed by atoms with Gasteiger partial charge in [-0.2, -0.15) is 0 Å². The lowest BCUT2D eigenvalue weighted by molar-refractivity contribution is -0.131. The Balaban J connectivity index is 1.54. The maximum absolute atomic E-state index is 12.8. The van der Waals surface area contributed by atoms with E-state index in [9.17, 15) is 9.59 Å². The predicted octanol–water partition coefficient (Wildman–Crippen LogP) is 4.23. The summed E-state index contributed by atoms with van der Waals surface area (Å²) in [6.07, 6.45) is 12.4. The van der Waals surface area contributed by atoms with Crippen LogP contribution in [0.4, 0.5) is 0 Å². The fourth-order valence-corrected chi connectivity index (χ4v) is 4.26. The molecular weight excluding hydrogens is 388 g/mol. The SMILES string of the molecule is C/C=C/C(=O)NCCCCCc1nc2ccccc2n1CCC(=O)N1CCCCCC1. The quantitative estimate of drug-likeness (QED) is 0.458. The molecule has 2 heterocycles. The molecule has 0 bridgehead atoms. The molecule has 6 nitrogen and oxygen atoms in total. The van der Waals surface area contributed by atoms with E-state index in [0.717, 1.165) is 68.5 Å². The van der Waals surface area contributed by atoms with Crippen molar-refractivity contribution in [1.82, 2.24) is 19.8 Å². The van der Waals surface area contributed by atoms with Crippen LogP contribution in [-0.4, -0.2) is 45.9 Å². The summed E-state index contributed by atoms with van der Waals surface area (Å²) in [6.45, 7) is 5.03. The van der Waals surface area contributed by atoms with Gasteiger partial charge in [0, 0.05) is 39.0 Å². The van der Waals surface area contributed by atoms with E-state index in [0.29, 0.717) is 19.5 Å². The summed E-state index contributed by atoms with van der Waals surface area (Å²) in [7, 11) is 0. The number of likely N-dealkylation sites (tertiary alicyclic amines) is 1. The first-order chi connectivity index (χ1) is 15.2. The zero-order valence-corrected chi connectivity index (χ0v) is 18.8. The number of imidazole rings is 1. The van der Waals surface area contributed by atoms with E-state index in [1.54, 1.807) is 12.2 Å². The van der Waals surface area contributed by atoms with Gasteiger partial charge in [-0.15, -0.1) is 0 Å². The summed E-state index contributed by atoms with van der Waals surface area (Å²) in [4.78, 5) is 31.1. The zero-order valence-electron chi connectivity index (χ0n) is 18.8. The van der Waals surface area contributed by atoms with E-state index >= 15 is 0 Å². The van der Waals surface area contributed by atoms with Crippen LogP contribution in [0.2, 0.25) is 0 Å². The van der Waals surface area contributed by atoms with Crippen LogP contribution in [0.25, 0.3) is 11.0 Å². The second kappa shape index (κ2) is 12.3. The fourth-order valence-electron chi connectivity index (χ4n) is 4.26. The van der Waals surface area contributed by atoms with Crippen molar-refractivity contribution in [3.63, 3.8) is 0 Å². The van der Waals surface area contributed by atoms with Gasteiger partial charge < -0.3 is 14.8 Å². The van der Waals surface area contributed by atoms with Gasteiger partial charge in [-0.3, -0.25) is 9.59 Å². The number of amides is 2. The Morgan fingerprint density at radius 1 is 1.06 bits per heavy atom. The predicted molar refractivity (Wildman–Crippen MR) is 125 cm³/mol. The lowest BCUT2D eigenvalue weighted by Crippen LogP contribution is -2.32. The number of rotatable bonds is 10. The first-order valence-electron chi connectivity index (χ1n) is 11.8. The Kier molecular flexibility index (Phi) is 9.13. The number of hydrogen-bond acceptors (Lipinski definition) is 3. The van der Waals surface area contributed by atoms with E-state index in [-0.39, 0.29) is 11.8 Å². The van der Waals surface area contributed by atoms with Gasteiger partial charge in [0.25, 0.3) is 0 Å². The smallest absolute Gasteiger partial charge is 0.243 e. The highest BCUT2D eigenvalue weighted by Gasteiger charge is 2.17. The number of nitrogens with one attached hydrogen (secondary N) is 1. The second-order valence-electron chi connectivity index (χ2n) is 8.32. The third-order valence-electron chi connectivity index (χ3n) is 5.94. The minimum Gasteiger partial charge on any atom is -0.353 e. The molecule has 1 aromatic heterocycles. The number of hydrogen-bond donors (Lipinski definition) is 1. The molecule has 2 aromatic rings. The van der Waals surface area contributed by atoms with Crippen LogP contribution >= 0.6 is 0 Å². The number of allylic oxidation sites excluding steroid dienone is 1. The summed E-state index contributed by atoms with van der Waals surface area (Å²) in [5, 5.41) is 2.89. The first kappa shape index (κ1) is 23.0. The van der Waals surface area contributed by atoms with Crippen molar-refractivity contribution in [2.45, 2.75) is 71.3 Å². The monoisotopic (exact) mass is 424 g/mol. The molecule has 1 aliphatic rings. The van der Waals surface area contributed by atoms with Crippen LogP contribution in [0.15, 0.2) is 36.4 Å². The highest BCUT2D eigenvalue weighted by molar-refractivity contribution is 5.87. The van der Waals surface area contributed by atoms with Gasteiger partial charge in [-0.05, 0) is 50.8 Å². The summed E-state index contributed by atoms with van der Waals surface area (Å²) in [5.74, 6) is 1.30. The second-order valence-corrected chi connectivity index (χ2v) is 8.32. The normalized spacial score (nSPS) is 14.8. The van der Waals surface area contributed by atoms with Gasteiger partial charge in [0.2, 0.25) is 11.8 Å². The third kappa shape index (κ3) is 6.94. The average Bonchev–Trinajstić information content (AvgIpc) is 2.92.